The summed E-state index contributed by atoms with van der Waals surface area (Å²) in [5.74, 6) is 0.666. The summed E-state index contributed by atoms with van der Waals surface area (Å²) in [5.41, 5.74) is 9.28. The molecule has 0 aliphatic rings. The van der Waals surface area contributed by atoms with E-state index in [1.54, 1.807) is 21.0 Å². The zero-order valence-corrected chi connectivity index (χ0v) is 12.7. The molecule has 1 rings (SSSR count). The lowest BCUT2D eigenvalue weighted by atomic mass is 9.98. The van der Waals surface area contributed by atoms with Crippen molar-refractivity contribution < 1.29 is 9.53 Å². The number of rotatable bonds is 4. The standard InChI is InChI=1S/C15H24N2O2/c1-9-7-10(2)12(13(19-6)11(9)3)8-17-14(18)15(4,5)16/h7H,8,16H2,1-6H3,(H,17,18). The van der Waals surface area contributed by atoms with E-state index in [4.69, 9.17) is 10.5 Å². The molecular formula is C15H24N2O2. The molecule has 0 saturated carbocycles. The summed E-state index contributed by atoms with van der Waals surface area (Å²) in [6, 6.07) is 2.10. The molecule has 0 spiro atoms. The molecule has 0 aromatic heterocycles. The summed E-state index contributed by atoms with van der Waals surface area (Å²) in [6.45, 7) is 9.89. The fourth-order valence-electron chi connectivity index (χ4n) is 2.00. The van der Waals surface area contributed by atoms with Crippen LogP contribution in [-0.2, 0) is 11.3 Å². The van der Waals surface area contributed by atoms with Gasteiger partial charge in [-0.15, -0.1) is 0 Å². The summed E-state index contributed by atoms with van der Waals surface area (Å²) in [6.07, 6.45) is 0. The Hall–Kier alpha value is -1.55. The molecule has 4 heteroatoms. The van der Waals surface area contributed by atoms with Gasteiger partial charge in [-0.05, 0) is 51.3 Å². The number of nitrogens with one attached hydrogen (secondary N) is 1. The Morgan fingerprint density at radius 1 is 1.32 bits per heavy atom. The third-order valence-corrected chi connectivity index (χ3v) is 3.33. The monoisotopic (exact) mass is 264 g/mol. The molecule has 19 heavy (non-hydrogen) atoms. The predicted octanol–water partition coefficient (Wildman–Crippen LogP) is 1.97. The average Bonchev–Trinajstić information content (AvgIpc) is 2.30. The first kappa shape index (κ1) is 15.5. The van der Waals surface area contributed by atoms with E-state index in [9.17, 15) is 4.79 Å². The van der Waals surface area contributed by atoms with Crippen molar-refractivity contribution in [2.45, 2.75) is 46.7 Å². The number of hydrogen-bond acceptors (Lipinski definition) is 3. The summed E-state index contributed by atoms with van der Waals surface area (Å²) in [4.78, 5) is 11.8. The average molecular weight is 264 g/mol. The van der Waals surface area contributed by atoms with Crippen LogP contribution < -0.4 is 15.8 Å². The Kier molecular flexibility index (Phi) is 4.58. The molecule has 0 bridgehead atoms. The third kappa shape index (κ3) is 3.47. The zero-order valence-electron chi connectivity index (χ0n) is 12.7. The van der Waals surface area contributed by atoms with Gasteiger partial charge in [-0.2, -0.15) is 0 Å². The van der Waals surface area contributed by atoms with E-state index >= 15 is 0 Å². The van der Waals surface area contributed by atoms with Crippen LogP contribution in [0.15, 0.2) is 6.07 Å². The molecule has 0 aliphatic heterocycles. The van der Waals surface area contributed by atoms with Gasteiger partial charge in [0, 0.05) is 12.1 Å². The van der Waals surface area contributed by atoms with Gasteiger partial charge in [-0.3, -0.25) is 4.79 Å². The van der Waals surface area contributed by atoms with Crippen molar-refractivity contribution in [2.24, 2.45) is 5.73 Å². The van der Waals surface area contributed by atoms with Gasteiger partial charge >= 0.3 is 0 Å². The van der Waals surface area contributed by atoms with E-state index in [1.165, 1.54) is 5.56 Å². The fraction of sp³-hybridized carbons (Fsp3) is 0.533. The highest BCUT2D eigenvalue weighted by molar-refractivity contribution is 5.85. The van der Waals surface area contributed by atoms with Crippen LogP contribution >= 0.6 is 0 Å². The molecule has 0 saturated heterocycles. The molecule has 1 aromatic carbocycles. The minimum Gasteiger partial charge on any atom is -0.496 e. The van der Waals surface area contributed by atoms with E-state index in [1.807, 2.05) is 13.8 Å². The molecule has 1 amide bonds. The van der Waals surface area contributed by atoms with Crippen LogP contribution in [0.3, 0.4) is 0 Å². The summed E-state index contributed by atoms with van der Waals surface area (Å²) < 4.78 is 5.47. The highest BCUT2D eigenvalue weighted by Gasteiger charge is 2.22. The second-order valence-corrected chi connectivity index (χ2v) is 5.55. The SMILES string of the molecule is COc1c(C)c(C)cc(C)c1CNC(=O)C(C)(C)N. The van der Waals surface area contributed by atoms with Gasteiger partial charge in [0.1, 0.15) is 5.75 Å². The van der Waals surface area contributed by atoms with Crippen molar-refractivity contribution in [2.75, 3.05) is 7.11 Å². The van der Waals surface area contributed by atoms with Crippen LogP contribution in [0.5, 0.6) is 5.75 Å². The topological polar surface area (TPSA) is 64.3 Å². The van der Waals surface area contributed by atoms with Crippen LogP contribution in [0.4, 0.5) is 0 Å². The minimum absolute atomic E-state index is 0.174. The number of benzene rings is 1. The molecule has 3 N–H and O–H groups in total. The first-order chi connectivity index (χ1) is 8.68. The molecule has 4 nitrogen and oxygen atoms in total. The number of carbonyl (C=O) groups is 1. The number of hydrogen-bond donors (Lipinski definition) is 2. The Morgan fingerprint density at radius 2 is 1.89 bits per heavy atom. The van der Waals surface area contributed by atoms with Gasteiger partial charge in [-0.25, -0.2) is 0 Å². The number of aryl methyl sites for hydroxylation is 2. The summed E-state index contributed by atoms with van der Waals surface area (Å²) >= 11 is 0. The summed E-state index contributed by atoms with van der Waals surface area (Å²) in [7, 11) is 1.65. The normalized spacial score (nSPS) is 11.3. The second kappa shape index (κ2) is 5.61. The molecule has 1 aromatic rings. The van der Waals surface area contributed by atoms with Gasteiger partial charge in [0.05, 0.1) is 12.6 Å². The maximum atomic E-state index is 11.8. The van der Waals surface area contributed by atoms with Gasteiger partial charge in [0.2, 0.25) is 5.91 Å². The van der Waals surface area contributed by atoms with Crippen molar-refractivity contribution in [3.8, 4) is 5.75 Å². The smallest absolute Gasteiger partial charge is 0.239 e. The Balaban J connectivity index is 3.02. The first-order valence-electron chi connectivity index (χ1n) is 6.39. The van der Waals surface area contributed by atoms with Crippen LogP contribution in [0.2, 0.25) is 0 Å². The van der Waals surface area contributed by atoms with Gasteiger partial charge in [0.25, 0.3) is 0 Å². The molecule has 106 valence electrons. The summed E-state index contributed by atoms with van der Waals surface area (Å²) in [5, 5.41) is 2.86. The maximum absolute atomic E-state index is 11.8. The molecule has 0 fully saturated rings. The van der Waals surface area contributed by atoms with Crippen LogP contribution in [0, 0.1) is 20.8 Å². The number of amides is 1. The van der Waals surface area contributed by atoms with Crippen molar-refractivity contribution >= 4 is 5.91 Å². The number of nitrogens with two attached hydrogens (primary N) is 1. The minimum atomic E-state index is -0.874. The lowest BCUT2D eigenvalue weighted by Gasteiger charge is -2.20. The predicted molar refractivity (Wildman–Crippen MR) is 77.3 cm³/mol. The maximum Gasteiger partial charge on any atom is 0.239 e. The molecular weight excluding hydrogens is 240 g/mol. The molecule has 0 aliphatic carbocycles. The van der Waals surface area contributed by atoms with Crippen molar-refractivity contribution in [1.82, 2.24) is 5.32 Å². The van der Waals surface area contributed by atoms with Crippen molar-refractivity contribution in [3.63, 3.8) is 0 Å². The van der Waals surface area contributed by atoms with Gasteiger partial charge in [-0.1, -0.05) is 6.07 Å². The van der Waals surface area contributed by atoms with Crippen LogP contribution in [0.1, 0.15) is 36.1 Å². The lowest BCUT2D eigenvalue weighted by molar-refractivity contribution is -0.125. The lowest BCUT2D eigenvalue weighted by Crippen LogP contribution is -2.48. The molecule has 0 unspecified atom stereocenters. The van der Waals surface area contributed by atoms with Gasteiger partial charge < -0.3 is 15.8 Å². The van der Waals surface area contributed by atoms with Crippen molar-refractivity contribution in [3.05, 3.63) is 28.3 Å². The highest BCUT2D eigenvalue weighted by Crippen LogP contribution is 2.29. The first-order valence-corrected chi connectivity index (χ1v) is 6.39. The number of carbonyl (C=O) groups excluding carboxylic acids is 1. The number of ether oxygens (including phenoxy) is 1. The quantitative estimate of drug-likeness (QED) is 0.874. The van der Waals surface area contributed by atoms with E-state index in [0.29, 0.717) is 6.54 Å². The molecule has 0 atom stereocenters. The van der Waals surface area contributed by atoms with Gasteiger partial charge in [0.15, 0.2) is 0 Å². The van der Waals surface area contributed by atoms with Crippen LogP contribution in [0.25, 0.3) is 0 Å². The second-order valence-electron chi connectivity index (χ2n) is 5.55. The van der Waals surface area contributed by atoms with E-state index in [2.05, 4.69) is 18.3 Å². The van der Waals surface area contributed by atoms with Crippen molar-refractivity contribution in [1.29, 1.82) is 0 Å². The largest absolute Gasteiger partial charge is 0.496 e. The molecule has 0 heterocycles. The van der Waals surface area contributed by atoms with Crippen LogP contribution in [-0.4, -0.2) is 18.6 Å². The Labute approximate surface area is 115 Å². The highest BCUT2D eigenvalue weighted by atomic mass is 16.5. The number of methoxy groups -OCH3 is 1. The van der Waals surface area contributed by atoms with E-state index < -0.39 is 5.54 Å². The Bertz CT molecular complexity index is 488. The van der Waals surface area contributed by atoms with E-state index in [0.717, 1.165) is 22.4 Å². The zero-order chi connectivity index (χ0) is 14.8. The Morgan fingerprint density at radius 3 is 2.37 bits per heavy atom. The molecule has 0 radical (unpaired) electrons. The fourth-order valence-corrected chi connectivity index (χ4v) is 2.00. The third-order valence-electron chi connectivity index (χ3n) is 3.33. The van der Waals surface area contributed by atoms with E-state index in [-0.39, 0.29) is 5.91 Å².